The molecule has 1 aromatic carbocycles. The van der Waals surface area contributed by atoms with Gasteiger partial charge in [-0.3, -0.25) is 0 Å². The lowest BCUT2D eigenvalue weighted by molar-refractivity contribution is 0.346. The summed E-state index contributed by atoms with van der Waals surface area (Å²) in [4.78, 5) is 0. The van der Waals surface area contributed by atoms with Crippen molar-refractivity contribution in [2.24, 2.45) is 5.92 Å². The molecular formula is C16H26BrN. The molecule has 0 aliphatic heterocycles. The maximum absolute atomic E-state index is 3.66. The summed E-state index contributed by atoms with van der Waals surface area (Å²) >= 11 is 3.65. The lowest BCUT2D eigenvalue weighted by Crippen LogP contribution is -2.28. The third-order valence-corrected chi connectivity index (χ3v) is 5.01. The fourth-order valence-corrected chi connectivity index (χ4v) is 2.92. The van der Waals surface area contributed by atoms with E-state index in [0.29, 0.717) is 12.0 Å². The second kappa shape index (κ2) is 7.30. The average Bonchev–Trinajstić information content (AvgIpc) is 2.35. The first-order chi connectivity index (χ1) is 8.54. The highest BCUT2D eigenvalue weighted by Gasteiger charge is 2.20. The van der Waals surface area contributed by atoms with Crippen LogP contribution in [0.3, 0.4) is 0 Å². The third kappa shape index (κ3) is 3.58. The van der Waals surface area contributed by atoms with Gasteiger partial charge in [0, 0.05) is 10.5 Å². The molecule has 1 N–H and O–H groups in total. The van der Waals surface area contributed by atoms with Crippen molar-refractivity contribution in [3.05, 3.63) is 33.3 Å². The van der Waals surface area contributed by atoms with Crippen LogP contribution in [0.4, 0.5) is 0 Å². The Labute approximate surface area is 120 Å². The number of halogens is 1. The van der Waals surface area contributed by atoms with Crippen LogP contribution in [0.2, 0.25) is 0 Å². The molecule has 0 aromatic heterocycles. The topological polar surface area (TPSA) is 12.0 Å². The van der Waals surface area contributed by atoms with Gasteiger partial charge >= 0.3 is 0 Å². The molecule has 1 atom stereocenters. The van der Waals surface area contributed by atoms with E-state index in [4.69, 9.17) is 0 Å². The fourth-order valence-electron chi connectivity index (χ4n) is 2.70. The maximum atomic E-state index is 3.66. The Balaban J connectivity index is 3.12. The molecule has 1 nitrogen and oxygen atoms in total. The van der Waals surface area contributed by atoms with E-state index in [2.05, 4.69) is 68.0 Å². The second-order valence-corrected chi connectivity index (χ2v) is 5.87. The first-order valence-corrected chi connectivity index (χ1v) is 7.84. The molecule has 0 saturated carbocycles. The van der Waals surface area contributed by atoms with Gasteiger partial charge in [-0.1, -0.05) is 61.7 Å². The average molecular weight is 312 g/mol. The molecule has 18 heavy (non-hydrogen) atoms. The van der Waals surface area contributed by atoms with Crippen LogP contribution in [-0.4, -0.2) is 6.54 Å². The van der Waals surface area contributed by atoms with Gasteiger partial charge in [0.2, 0.25) is 0 Å². The summed E-state index contributed by atoms with van der Waals surface area (Å²) < 4.78 is 1.24. The molecular weight excluding hydrogens is 286 g/mol. The lowest BCUT2D eigenvalue weighted by atomic mass is 9.87. The Bertz CT molecular complexity index is 360. The van der Waals surface area contributed by atoms with Crippen molar-refractivity contribution >= 4 is 15.9 Å². The second-order valence-electron chi connectivity index (χ2n) is 5.08. The van der Waals surface area contributed by atoms with Gasteiger partial charge in [0.25, 0.3) is 0 Å². The van der Waals surface area contributed by atoms with Crippen LogP contribution in [0, 0.1) is 19.8 Å². The van der Waals surface area contributed by atoms with E-state index in [1.165, 1.54) is 34.0 Å². The van der Waals surface area contributed by atoms with Crippen LogP contribution in [0.5, 0.6) is 0 Å². The molecule has 0 spiro atoms. The zero-order valence-electron chi connectivity index (χ0n) is 12.3. The van der Waals surface area contributed by atoms with Gasteiger partial charge in [0.1, 0.15) is 0 Å². The third-order valence-electron chi connectivity index (χ3n) is 3.76. The molecule has 1 rings (SSSR count). The molecule has 102 valence electrons. The van der Waals surface area contributed by atoms with Crippen molar-refractivity contribution in [1.29, 1.82) is 0 Å². The van der Waals surface area contributed by atoms with E-state index >= 15 is 0 Å². The summed E-state index contributed by atoms with van der Waals surface area (Å²) in [6.07, 6.45) is 2.45. The van der Waals surface area contributed by atoms with Crippen molar-refractivity contribution in [3.63, 3.8) is 0 Å². The SMILES string of the molecule is CCNC(c1cc(C)c(Br)c(C)c1)C(CC)CC. The highest BCUT2D eigenvalue weighted by Crippen LogP contribution is 2.31. The van der Waals surface area contributed by atoms with Crippen molar-refractivity contribution in [2.75, 3.05) is 6.54 Å². The molecule has 0 bridgehead atoms. The number of nitrogens with one attached hydrogen (secondary N) is 1. The van der Waals surface area contributed by atoms with Crippen LogP contribution in [-0.2, 0) is 0 Å². The van der Waals surface area contributed by atoms with E-state index in [1.54, 1.807) is 0 Å². The molecule has 0 aliphatic rings. The Morgan fingerprint density at radius 3 is 1.94 bits per heavy atom. The predicted octanol–water partition coefficient (Wildman–Crippen LogP) is 5.15. The molecule has 2 heteroatoms. The van der Waals surface area contributed by atoms with Crippen LogP contribution in [0.25, 0.3) is 0 Å². The lowest BCUT2D eigenvalue weighted by Gasteiger charge is -2.27. The van der Waals surface area contributed by atoms with Crippen LogP contribution < -0.4 is 5.32 Å². The van der Waals surface area contributed by atoms with E-state index in [9.17, 15) is 0 Å². The summed E-state index contributed by atoms with van der Waals surface area (Å²) in [6, 6.07) is 5.13. The van der Waals surface area contributed by atoms with E-state index in [1.807, 2.05) is 0 Å². The predicted molar refractivity (Wildman–Crippen MR) is 84.1 cm³/mol. The van der Waals surface area contributed by atoms with Gasteiger partial charge in [-0.05, 0) is 43.0 Å². The monoisotopic (exact) mass is 311 g/mol. The number of rotatable bonds is 6. The van der Waals surface area contributed by atoms with E-state index < -0.39 is 0 Å². The Kier molecular flexibility index (Phi) is 6.37. The van der Waals surface area contributed by atoms with E-state index in [0.717, 1.165) is 6.54 Å². The summed E-state index contributed by atoms with van der Waals surface area (Å²) in [5.74, 6) is 0.713. The molecule has 1 unspecified atom stereocenters. The van der Waals surface area contributed by atoms with Gasteiger partial charge < -0.3 is 5.32 Å². The molecule has 0 fully saturated rings. The zero-order valence-corrected chi connectivity index (χ0v) is 13.9. The van der Waals surface area contributed by atoms with Crippen molar-refractivity contribution in [2.45, 2.75) is 53.5 Å². The normalized spacial score (nSPS) is 13.1. The van der Waals surface area contributed by atoms with Crippen LogP contribution >= 0.6 is 15.9 Å². The number of hydrogen-bond donors (Lipinski definition) is 1. The standard InChI is InChI=1S/C16H26BrN/c1-6-13(7-2)16(18-8-3)14-9-11(4)15(17)12(5)10-14/h9-10,13,16,18H,6-8H2,1-5H3. The number of aryl methyl sites for hydroxylation is 2. The molecule has 0 aliphatic carbocycles. The first kappa shape index (κ1) is 15.7. The van der Waals surface area contributed by atoms with E-state index in [-0.39, 0.29) is 0 Å². The molecule has 0 amide bonds. The number of hydrogen-bond acceptors (Lipinski definition) is 1. The quantitative estimate of drug-likeness (QED) is 0.765. The molecule has 0 heterocycles. The summed E-state index contributed by atoms with van der Waals surface area (Å²) in [5, 5.41) is 3.66. The fraction of sp³-hybridized carbons (Fsp3) is 0.625. The maximum Gasteiger partial charge on any atom is 0.0348 e. The molecule has 0 saturated heterocycles. The molecule has 0 radical (unpaired) electrons. The highest BCUT2D eigenvalue weighted by molar-refractivity contribution is 9.10. The Hall–Kier alpha value is -0.340. The Morgan fingerprint density at radius 1 is 1.06 bits per heavy atom. The Morgan fingerprint density at radius 2 is 1.56 bits per heavy atom. The summed E-state index contributed by atoms with van der Waals surface area (Å²) in [6.45, 7) is 12.1. The minimum Gasteiger partial charge on any atom is -0.310 e. The van der Waals surface area contributed by atoms with Gasteiger partial charge in [0.15, 0.2) is 0 Å². The van der Waals surface area contributed by atoms with Crippen molar-refractivity contribution in [3.8, 4) is 0 Å². The molecule has 1 aromatic rings. The smallest absolute Gasteiger partial charge is 0.0348 e. The minimum absolute atomic E-state index is 0.482. The van der Waals surface area contributed by atoms with Gasteiger partial charge in [-0.25, -0.2) is 0 Å². The zero-order chi connectivity index (χ0) is 13.7. The van der Waals surface area contributed by atoms with Crippen LogP contribution in [0.15, 0.2) is 16.6 Å². The van der Waals surface area contributed by atoms with Gasteiger partial charge in [-0.2, -0.15) is 0 Å². The van der Waals surface area contributed by atoms with Gasteiger partial charge in [-0.15, -0.1) is 0 Å². The first-order valence-electron chi connectivity index (χ1n) is 7.05. The van der Waals surface area contributed by atoms with Crippen LogP contribution in [0.1, 0.15) is 56.3 Å². The minimum atomic E-state index is 0.482. The largest absolute Gasteiger partial charge is 0.310 e. The summed E-state index contributed by atoms with van der Waals surface area (Å²) in [7, 11) is 0. The van der Waals surface area contributed by atoms with Crippen molar-refractivity contribution < 1.29 is 0 Å². The van der Waals surface area contributed by atoms with Crippen molar-refractivity contribution in [1.82, 2.24) is 5.32 Å². The number of benzene rings is 1. The highest BCUT2D eigenvalue weighted by atomic mass is 79.9. The summed E-state index contributed by atoms with van der Waals surface area (Å²) in [5.41, 5.74) is 4.10. The van der Waals surface area contributed by atoms with Gasteiger partial charge in [0.05, 0.1) is 0 Å².